The third-order valence-corrected chi connectivity index (χ3v) is 7.30. The van der Waals surface area contributed by atoms with Crippen LogP contribution in [0.15, 0.2) is 0 Å². The minimum atomic E-state index is 1.07. The topological polar surface area (TPSA) is 0 Å². The Morgan fingerprint density at radius 2 is 0.594 bits per heavy atom. The molecule has 0 aliphatic heterocycles. The van der Waals surface area contributed by atoms with Crippen LogP contribution in [-0.2, 0) is 0 Å². The lowest BCUT2D eigenvalue weighted by Gasteiger charge is -2.37. The Morgan fingerprint density at radius 3 is 0.938 bits per heavy atom. The summed E-state index contributed by atoms with van der Waals surface area (Å²) in [5.74, 6) is 0. The van der Waals surface area contributed by atoms with Gasteiger partial charge < -0.3 is 13.4 Å². The summed E-state index contributed by atoms with van der Waals surface area (Å²) in [5.41, 5.74) is 0. The van der Waals surface area contributed by atoms with E-state index in [1.807, 2.05) is 0 Å². The van der Waals surface area contributed by atoms with Gasteiger partial charge in [0.05, 0.1) is 55.9 Å². The number of rotatable bonds is 23. The molecule has 0 atom stereocenters. The van der Waals surface area contributed by atoms with E-state index in [1.165, 1.54) is 140 Å². The fourth-order valence-electron chi connectivity index (χ4n) is 4.42. The van der Waals surface area contributed by atoms with E-state index in [0.29, 0.717) is 0 Å². The van der Waals surface area contributed by atoms with E-state index in [4.69, 9.17) is 0 Å². The SMILES string of the molecule is CCCCCCCCCCCCCCCCCC[N+](C)(C)CC[N+](C)(C)CC[N+](C)(C)C. The molecule has 0 heterocycles. The van der Waals surface area contributed by atoms with Crippen LogP contribution >= 0.6 is 0 Å². The van der Waals surface area contributed by atoms with Crippen molar-refractivity contribution < 1.29 is 13.4 Å². The fraction of sp³-hybridized carbons (Fsp3) is 1.00. The highest BCUT2D eigenvalue weighted by Crippen LogP contribution is 2.14. The average Bonchev–Trinajstić information content (AvgIpc) is 2.70. The normalized spacial score (nSPS) is 13.1. The first-order valence-electron chi connectivity index (χ1n) is 14.4. The van der Waals surface area contributed by atoms with E-state index in [-0.39, 0.29) is 0 Å². The maximum Gasteiger partial charge on any atom is 0.128 e. The number of quaternary nitrogens is 3. The highest BCUT2D eigenvalue weighted by Gasteiger charge is 2.24. The van der Waals surface area contributed by atoms with Gasteiger partial charge in [0.25, 0.3) is 0 Å². The Labute approximate surface area is 205 Å². The van der Waals surface area contributed by atoms with Gasteiger partial charge in [-0.1, -0.05) is 96.8 Å². The summed E-state index contributed by atoms with van der Waals surface area (Å²) in [6.07, 6.45) is 23.3. The Morgan fingerprint density at radius 1 is 0.312 bits per heavy atom. The van der Waals surface area contributed by atoms with Gasteiger partial charge in [0, 0.05) is 0 Å². The molecule has 0 bridgehead atoms. The van der Waals surface area contributed by atoms with Gasteiger partial charge in [0.15, 0.2) is 0 Å². The van der Waals surface area contributed by atoms with Gasteiger partial charge in [-0.05, 0) is 12.8 Å². The lowest BCUT2D eigenvalue weighted by molar-refractivity contribution is -0.964. The van der Waals surface area contributed by atoms with Crippen LogP contribution in [0.5, 0.6) is 0 Å². The number of likely N-dealkylation sites (N-methyl/N-ethyl adjacent to an activating group) is 3. The Kier molecular flexibility index (Phi) is 18.2. The summed E-state index contributed by atoms with van der Waals surface area (Å²) in [6, 6.07) is 0. The number of unbranched alkanes of at least 4 members (excludes halogenated alkanes) is 15. The monoisotopic (exact) mass is 457 g/mol. The molecular formula is C29H66N3+3. The van der Waals surface area contributed by atoms with Gasteiger partial charge in [-0.15, -0.1) is 0 Å². The predicted molar refractivity (Wildman–Crippen MR) is 146 cm³/mol. The van der Waals surface area contributed by atoms with E-state index in [1.54, 1.807) is 0 Å². The Hall–Kier alpha value is -0.120. The second kappa shape index (κ2) is 18.2. The minimum absolute atomic E-state index is 1.07. The highest BCUT2D eigenvalue weighted by molar-refractivity contribution is 4.50. The van der Waals surface area contributed by atoms with Crippen molar-refractivity contribution in [3.05, 3.63) is 0 Å². The zero-order chi connectivity index (χ0) is 24.3. The first kappa shape index (κ1) is 31.9. The second-order valence-electron chi connectivity index (χ2n) is 13.1. The van der Waals surface area contributed by atoms with E-state index in [2.05, 4.69) is 56.3 Å². The fourth-order valence-corrected chi connectivity index (χ4v) is 4.42. The number of hydrogen-bond acceptors (Lipinski definition) is 0. The molecule has 194 valence electrons. The molecule has 0 spiro atoms. The molecule has 0 aromatic carbocycles. The van der Waals surface area contributed by atoms with E-state index >= 15 is 0 Å². The van der Waals surface area contributed by atoms with Crippen LogP contribution in [0.4, 0.5) is 0 Å². The molecule has 0 saturated carbocycles. The molecule has 0 aliphatic rings. The van der Waals surface area contributed by atoms with E-state index in [9.17, 15) is 0 Å². The van der Waals surface area contributed by atoms with Gasteiger partial charge in [0.2, 0.25) is 0 Å². The molecule has 0 unspecified atom stereocenters. The van der Waals surface area contributed by atoms with E-state index in [0.717, 1.165) is 8.97 Å². The molecule has 3 nitrogen and oxygen atoms in total. The molecule has 0 aromatic heterocycles. The minimum Gasteiger partial charge on any atom is -0.326 e. The highest BCUT2D eigenvalue weighted by atomic mass is 15.4. The van der Waals surface area contributed by atoms with Gasteiger partial charge >= 0.3 is 0 Å². The molecule has 0 amide bonds. The van der Waals surface area contributed by atoms with Gasteiger partial charge in [-0.25, -0.2) is 0 Å². The standard InChI is InChI=1S/C29H66N3/c1-9-10-11-12-13-14-15-16-17-18-19-20-21-22-23-24-25-31(5,6)28-29-32(7,8)27-26-30(2,3)4/h9-29H2,1-8H3/q+3. The summed E-state index contributed by atoms with van der Waals surface area (Å²) in [4.78, 5) is 0. The average molecular weight is 457 g/mol. The molecule has 0 radical (unpaired) electrons. The van der Waals surface area contributed by atoms with Crippen molar-refractivity contribution in [2.45, 2.75) is 110 Å². The lowest BCUT2D eigenvalue weighted by Crippen LogP contribution is -2.54. The molecule has 0 fully saturated rings. The Bertz CT molecular complexity index is 409. The molecule has 0 N–H and O–H groups in total. The van der Waals surface area contributed by atoms with Gasteiger partial charge in [-0.3, -0.25) is 0 Å². The summed E-state index contributed by atoms with van der Waals surface area (Å²) in [5, 5.41) is 0. The third kappa shape index (κ3) is 23.1. The lowest BCUT2D eigenvalue weighted by atomic mass is 10.0. The quantitative estimate of drug-likeness (QED) is 0.113. The number of nitrogens with zero attached hydrogens (tertiary/aromatic N) is 3. The molecule has 0 rings (SSSR count). The molecule has 0 aromatic rings. The zero-order valence-electron chi connectivity index (χ0n) is 24.2. The summed E-state index contributed by atoms with van der Waals surface area (Å²) in [6.45, 7) is 8.74. The van der Waals surface area contributed by atoms with Crippen LogP contribution in [0.25, 0.3) is 0 Å². The number of hydrogen-bond donors (Lipinski definition) is 0. The van der Waals surface area contributed by atoms with Crippen LogP contribution in [0.3, 0.4) is 0 Å². The summed E-state index contributed by atoms with van der Waals surface area (Å²) in [7, 11) is 16.6. The van der Waals surface area contributed by atoms with Crippen molar-refractivity contribution in [3.8, 4) is 0 Å². The van der Waals surface area contributed by atoms with Crippen LogP contribution in [-0.4, -0.2) is 95.5 Å². The van der Waals surface area contributed by atoms with E-state index < -0.39 is 0 Å². The van der Waals surface area contributed by atoms with Gasteiger partial charge in [0.1, 0.15) is 26.2 Å². The van der Waals surface area contributed by atoms with Crippen molar-refractivity contribution in [3.63, 3.8) is 0 Å². The summed E-state index contributed by atoms with van der Waals surface area (Å²) >= 11 is 0. The molecule has 3 heteroatoms. The van der Waals surface area contributed by atoms with Crippen LogP contribution < -0.4 is 0 Å². The molecule has 0 aliphatic carbocycles. The van der Waals surface area contributed by atoms with Crippen LogP contribution in [0.1, 0.15) is 110 Å². The Balaban J connectivity index is 3.53. The van der Waals surface area contributed by atoms with Crippen LogP contribution in [0.2, 0.25) is 0 Å². The predicted octanol–water partition coefficient (Wildman–Crippen LogP) is 7.11. The smallest absolute Gasteiger partial charge is 0.128 e. The van der Waals surface area contributed by atoms with Crippen molar-refractivity contribution in [1.82, 2.24) is 0 Å². The molecule has 32 heavy (non-hydrogen) atoms. The largest absolute Gasteiger partial charge is 0.326 e. The first-order chi connectivity index (χ1) is 15.0. The molecular weight excluding hydrogens is 390 g/mol. The van der Waals surface area contributed by atoms with Gasteiger partial charge in [-0.2, -0.15) is 0 Å². The van der Waals surface area contributed by atoms with Crippen molar-refractivity contribution in [2.24, 2.45) is 0 Å². The maximum absolute atomic E-state index is 2.44. The zero-order valence-corrected chi connectivity index (χ0v) is 24.2. The van der Waals surface area contributed by atoms with Crippen molar-refractivity contribution in [1.29, 1.82) is 0 Å². The second-order valence-corrected chi connectivity index (χ2v) is 13.1. The first-order valence-corrected chi connectivity index (χ1v) is 14.4. The van der Waals surface area contributed by atoms with Crippen molar-refractivity contribution in [2.75, 3.05) is 82.1 Å². The maximum atomic E-state index is 2.44. The summed E-state index contributed by atoms with van der Waals surface area (Å²) < 4.78 is 3.40. The van der Waals surface area contributed by atoms with Crippen molar-refractivity contribution >= 4 is 0 Å². The third-order valence-electron chi connectivity index (χ3n) is 7.30. The molecule has 0 saturated heterocycles. The van der Waals surface area contributed by atoms with Crippen LogP contribution in [0, 0.1) is 0 Å².